The number of nitrogens with two attached hydrogens (primary N) is 1. The average Bonchev–Trinajstić information content (AvgIpc) is 2.77. The van der Waals surface area contributed by atoms with Crippen molar-refractivity contribution in [2.24, 2.45) is 28.6 Å². The lowest BCUT2D eigenvalue weighted by molar-refractivity contribution is -0.227. The Kier molecular flexibility index (Phi) is 7.83. The summed E-state index contributed by atoms with van der Waals surface area (Å²) in [5, 5.41) is 3.63. The predicted molar refractivity (Wildman–Crippen MR) is 110 cm³/mol. The summed E-state index contributed by atoms with van der Waals surface area (Å²) in [6.07, 6.45) is -0.718. The number of carbonyl (C=O) groups excluding carboxylic acids is 2. The molecular formula is C21H30N4O5. The van der Waals surface area contributed by atoms with Crippen molar-refractivity contribution in [3.8, 4) is 0 Å². The van der Waals surface area contributed by atoms with E-state index in [2.05, 4.69) is 10.0 Å². The van der Waals surface area contributed by atoms with Crippen LogP contribution in [0.1, 0.15) is 44.5 Å². The average molecular weight is 418 g/mol. The minimum Gasteiger partial charge on any atom is -0.467 e. The fourth-order valence-electron chi connectivity index (χ4n) is 3.78. The third kappa shape index (κ3) is 4.43. The van der Waals surface area contributed by atoms with E-state index >= 15 is 0 Å². The van der Waals surface area contributed by atoms with Gasteiger partial charge in [-0.05, 0) is 47.0 Å². The minimum absolute atomic E-state index is 0.0898. The number of nitrogens with zero attached hydrogens (tertiary/aromatic N) is 3. The van der Waals surface area contributed by atoms with Crippen LogP contribution in [0.25, 0.3) is 10.4 Å². The molecule has 0 radical (unpaired) electrons. The smallest absolute Gasteiger partial charge is 0.346 e. The number of hydrogen-bond donors (Lipinski definition) is 1. The molecule has 1 aliphatic rings. The molecule has 1 fully saturated rings. The van der Waals surface area contributed by atoms with Crippen LogP contribution >= 0.6 is 0 Å². The van der Waals surface area contributed by atoms with Crippen molar-refractivity contribution in [3.63, 3.8) is 0 Å². The highest BCUT2D eigenvalue weighted by Crippen LogP contribution is 2.41. The molecule has 1 aliphatic heterocycles. The molecular weight excluding hydrogens is 388 g/mol. The summed E-state index contributed by atoms with van der Waals surface area (Å²) in [7, 11) is 1.17. The van der Waals surface area contributed by atoms with Gasteiger partial charge in [-0.3, -0.25) is 0 Å². The second-order valence-electron chi connectivity index (χ2n) is 7.83. The molecule has 9 heteroatoms. The zero-order valence-corrected chi connectivity index (χ0v) is 18.0. The molecule has 7 atom stereocenters. The van der Waals surface area contributed by atoms with Crippen molar-refractivity contribution in [2.45, 2.75) is 58.1 Å². The molecule has 2 rings (SSSR count). The van der Waals surface area contributed by atoms with Crippen LogP contribution in [0.5, 0.6) is 0 Å². The quantitative estimate of drug-likeness (QED) is 0.312. The Morgan fingerprint density at radius 1 is 1.30 bits per heavy atom. The summed E-state index contributed by atoms with van der Waals surface area (Å²) in [4.78, 5) is 28.2. The molecule has 0 bridgehead atoms. The SMILES string of the molecule is CC[C@@H](C)[C@@H](OC(=O)c1ccccc1)C1O[C@](N=[N+]=[N-])(C(=O)OC)C(N)[C@@H](C)[C@H]1C. The maximum Gasteiger partial charge on any atom is 0.346 e. The van der Waals surface area contributed by atoms with E-state index in [-0.39, 0.29) is 17.8 Å². The molecule has 0 aromatic heterocycles. The van der Waals surface area contributed by atoms with Crippen LogP contribution in [0, 0.1) is 17.8 Å². The van der Waals surface area contributed by atoms with Crippen molar-refractivity contribution in [1.82, 2.24) is 0 Å². The first-order valence-corrected chi connectivity index (χ1v) is 10.1. The van der Waals surface area contributed by atoms with E-state index < -0.39 is 35.9 Å². The highest BCUT2D eigenvalue weighted by molar-refractivity contribution is 5.89. The van der Waals surface area contributed by atoms with Gasteiger partial charge in [0.25, 0.3) is 5.72 Å². The summed E-state index contributed by atoms with van der Waals surface area (Å²) in [5.41, 5.74) is 13.8. The number of carbonyl (C=O) groups is 2. The Labute approximate surface area is 176 Å². The molecule has 1 aromatic rings. The molecule has 0 amide bonds. The number of rotatable bonds is 7. The van der Waals surface area contributed by atoms with Gasteiger partial charge in [-0.15, -0.1) is 0 Å². The summed E-state index contributed by atoms with van der Waals surface area (Å²) < 4.78 is 16.8. The Hall–Kier alpha value is -2.61. The maximum atomic E-state index is 12.8. The largest absolute Gasteiger partial charge is 0.467 e. The Balaban J connectivity index is 2.46. The van der Waals surface area contributed by atoms with Gasteiger partial charge >= 0.3 is 11.9 Å². The van der Waals surface area contributed by atoms with Gasteiger partial charge in [0.15, 0.2) is 0 Å². The van der Waals surface area contributed by atoms with Gasteiger partial charge < -0.3 is 19.9 Å². The van der Waals surface area contributed by atoms with Gasteiger partial charge in [0.2, 0.25) is 0 Å². The number of hydrogen-bond acceptors (Lipinski definition) is 7. The van der Waals surface area contributed by atoms with Crippen LogP contribution in [0.4, 0.5) is 0 Å². The second-order valence-corrected chi connectivity index (χ2v) is 7.83. The monoisotopic (exact) mass is 418 g/mol. The second kappa shape index (κ2) is 9.93. The molecule has 164 valence electrons. The van der Waals surface area contributed by atoms with Crippen LogP contribution in [-0.2, 0) is 19.0 Å². The van der Waals surface area contributed by atoms with E-state index in [1.807, 2.05) is 33.8 Å². The molecule has 0 saturated carbocycles. The number of benzene rings is 1. The van der Waals surface area contributed by atoms with Crippen molar-refractivity contribution in [3.05, 3.63) is 46.3 Å². The fraction of sp³-hybridized carbons (Fsp3) is 0.619. The van der Waals surface area contributed by atoms with Crippen LogP contribution < -0.4 is 5.73 Å². The molecule has 0 aliphatic carbocycles. The number of ether oxygens (including phenoxy) is 3. The highest BCUT2D eigenvalue weighted by atomic mass is 16.6. The summed E-state index contributed by atoms with van der Waals surface area (Å²) in [6.45, 7) is 7.67. The van der Waals surface area contributed by atoms with Crippen LogP contribution in [0.2, 0.25) is 0 Å². The van der Waals surface area contributed by atoms with Gasteiger partial charge in [0, 0.05) is 4.91 Å². The fourth-order valence-corrected chi connectivity index (χ4v) is 3.78. The van der Waals surface area contributed by atoms with Crippen LogP contribution in [0.3, 0.4) is 0 Å². The maximum absolute atomic E-state index is 12.8. The van der Waals surface area contributed by atoms with Crippen LogP contribution in [0.15, 0.2) is 35.4 Å². The van der Waals surface area contributed by atoms with Gasteiger partial charge in [0.05, 0.1) is 24.8 Å². The van der Waals surface area contributed by atoms with E-state index in [9.17, 15) is 9.59 Å². The molecule has 30 heavy (non-hydrogen) atoms. The van der Waals surface area contributed by atoms with Crippen molar-refractivity contribution >= 4 is 11.9 Å². The van der Waals surface area contributed by atoms with Gasteiger partial charge in [-0.2, -0.15) is 0 Å². The molecule has 0 spiro atoms. The lowest BCUT2D eigenvalue weighted by Crippen LogP contribution is -2.67. The van der Waals surface area contributed by atoms with Gasteiger partial charge in [-0.1, -0.05) is 45.9 Å². The van der Waals surface area contributed by atoms with E-state index in [0.29, 0.717) is 12.0 Å². The topological polar surface area (TPSA) is 137 Å². The Morgan fingerprint density at radius 3 is 2.47 bits per heavy atom. The lowest BCUT2D eigenvalue weighted by Gasteiger charge is -2.49. The van der Waals surface area contributed by atoms with Crippen molar-refractivity contribution in [1.29, 1.82) is 0 Å². The van der Waals surface area contributed by atoms with Crippen LogP contribution in [-0.4, -0.2) is 43.0 Å². The highest BCUT2D eigenvalue weighted by Gasteiger charge is 2.58. The number of azide groups is 1. The standard InChI is InChI=1S/C21H30N4O5/c1-6-12(2)16(29-19(26)15-10-8-7-9-11-15)17-13(3)14(4)18(22)21(30-17,24-25-23)20(27)28-5/h7-14,16-18H,6,22H2,1-5H3/t12-,13-,14+,16-,17?,18?,21+/m1/s1. The molecule has 1 aromatic carbocycles. The number of methoxy groups -OCH3 is 1. The van der Waals surface area contributed by atoms with Crippen molar-refractivity contribution in [2.75, 3.05) is 7.11 Å². The summed E-state index contributed by atoms with van der Waals surface area (Å²) in [6, 6.07) is 7.72. The molecule has 2 N–H and O–H groups in total. The van der Waals surface area contributed by atoms with E-state index in [4.69, 9.17) is 25.5 Å². The minimum atomic E-state index is -2.04. The third-order valence-corrected chi connectivity index (χ3v) is 6.13. The molecule has 1 heterocycles. The molecule has 1 saturated heterocycles. The zero-order chi connectivity index (χ0) is 22.5. The Morgan fingerprint density at radius 2 is 1.93 bits per heavy atom. The normalized spacial score (nSPS) is 30.5. The zero-order valence-electron chi connectivity index (χ0n) is 18.0. The first kappa shape index (κ1) is 23.7. The van der Waals surface area contributed by atoms with E-state index in [0.717, 1.165) is 0 Å². The molecule has 9 nitrogen and oxygen atoms in total. The van der Waals surface area contributed by atoms with Gasteiger partial charge in [-0.25, -0.2) is 9.59 Å². The Bertz CT molecular complexity index is 798. The molecule has 2 unspecified atom stereocenters. The third-order valence-electron chi connectivity index (χ3n) is 6.13. The van der Waals surface area contributed by atoms with E-state index in [1.54, 1.807) is 24.3 Å². The predicted octanol–water partition coefficient (Wildman–Crippen LogP) is 3.44. The summed E-state index contributed by atoms with van der Waals surface area (Å²) >= 11 is 0. The van der Waals surface area contributed by atoms with Gasteiger partial charge in [0.1, 0.15) is 6.10 Å². The number of esters is 2. The van der Waals surface area contributed by atoms with Crippen molar-refractivity contribution < 1.29 is 23.8 Å². The summed E-state index contributed by atoms with van der Waals surface area (Å²) in [5.74, 6) is -1.93. The van der Waals surface area contributed by atoms with E-state index in [1.165, 1.54) is 7.11 Å². The lowest BCUT2D eigenvalue weighted by atomic mass is 9.74. The first-order chi connectivity index (χ1) is 14.2. The first-order valence-electron chi connectivity index (χ1n) is 10.1.